The monoisotopic (exact) mass is 757 g/mol. The van der Waals surface area contributed by atoms with Gasteiger partial charge in [0, 0.05) is 48.5 Å². The third-order valence-corrected chi connectivity index (χ3v) is 10.6. The number of amides is 1. The molecule has 0 spiro atoms. The fourth-order valence-electron chi connectivity index (χ4n) is 7.51. The summed E-state index contributed by atoms with van der Waals surface area (Å²) in [6.07, 6.45) is -3.85. The average molecular weight is 758 g/mol. The highest BCUT2D eigenvalue weighted by atomic mass is 16.7. The number of aliphatic carboxylic acids is 1. The maximum absolute atomic E-state index is 13.6. The number of phenols is 2. The molecule has 10 N–H and O–H groups in total. The van der Waals surface area contributed by atoms with E-state index in [1.807, 2.05) is 13.8 Å². The summed E-state index contributed by atoms with van der Waals surface area (Å²) in [5, 5.41) is 62.6. The highest BCUT2D eigenvalue weighted by Crippen LogP contribution is 2.52. The van der Waals surface area contributed by atoms with Crippen molar-refractivity contribution in [2.75, 3.05) is 20.3 Å². The molecule has 2 aromatic rings. The van der Waals surface area contributed by atoms with Crippen LogP contribution in [0.2, 0.25) is 0 Å². The molecule has 2 saturated heterocycles. The first-order chi connectivity index (χ1) is 25.4. The number of aliphatic hydroxyl groups excluding tert-OH is 2. The van der Waals surface area contributed by atoms with Crippen molar-refractivity contribution in [3.8, 4) is 17.2 Å². The Bertz CT molecular complexity index is 1840. The maximum atomic E-state index is 13.6. The van der Waals surface area contributed by atoms with Crippen LogP contribution in [0, 0.1) is 5.92 Å². The van der Waals surface area contributed by atoms with Crippen molar-refractivity contribution in [2.24, 2.45) is 17.4 Å². The molecule has 0 bridgehead atoms. The zero-order chi connectivity index (χ0) is 40.0. The van der Waals surface area contributed by atoms with E-state index in [1.165, 1.54) is 30.2 Å². The summed E-state index contributed by atoms with van der Waals surface area (Å²) in [5.74, 6) is -4.91. The molecular formula is C37H47N3O14. The van der Waals surface area contributed by atoms with Crippen LogP contribution in [0.25, 0.3) is 0 Å². The predicted molar refractivity (Wildman–Crippen MR) is 187 cm³/mol. The number of methoxy groups -OCH3 is 1. The minimum absolute atomic E-state index is 0.0173. The van der Waals surface area contributed by atoms with Gasteiger partial charge < -0.3 is 61.2 Å². The quantitative estimate of drug-likeness (QED) is 0.141. The Hall–Kier alpha value is -4.49. The number of benzene rings is 2. The zero-order valence-electron chi connectivity index (χ0n) is 30.4. The molecule has 8 atom stereocenters. The fraction of sp³-hybridized carbons (Fsp3) is 0.541. The number of nitrogens with zero attached hydrogens (tertiary/aromatic N) is 1. The van der Waals surface area contributed by atoms with Crippen LogP contribution in [-0.2, 0) is 30.3 Å². The Kier molecular flexibility index (Phi) is 11.8. The Morgan fingerprint density at radius 1 is 1.09 bits per heavy atom. The van der Waals surface area contributed by atoms with Gasteiger partial charge in [0.05, 0.1) is 48.2 Å². The lowest BCUT2D eigenvalue weighted by Gasteiger charge is -2.42. The first-order valence-electron chi connectivity index (χ1n) is 17.6. The number of ketones is 3. The van der Waals surface area contributed by atoms with Crippen molar-refractivity contribution >= 4 is 29.2 Å². The molecule has 6 rings (SSSR count). The Morgan fingerprint density at radius 2 is 1.76 bits per heavy atom. The summed E-state index contributed by atoms with van der Waals surface area (Å²) in [5.41, 5.74) is 8.09. The molecule has 17 nitrogen and oxygen atoms in total. The molecule has 2 heterocycles. The summed E-state index contributed by atoms with van der Waals surface area (Å²) < 4.78 is 17.0. The first kappa shape index (κ1) is 40.7. The van der Waals surface area contributed by atoms with Crippen LogP contribution < -0.4 is 16.2 Å². The molecule has 2 aliphatic heterocycles. The molecule has 17 heteroatoms. The normalized spacial score (nSPS) is 28.0. The van der Waals surface area contributed by atoms with Gasteiger partial charge in [-0.25, -0.2) is 4.79 Å². The summed E-state index contributed by atoms with van der Waals surface area (Å²) in [6.45, 7) is 4.78. The van der Waals surface area contributed by atoms with Gasteiger partial charge >= 0.3 is 5.97 Å². The van der Waals surface area contributed by atoms with Crippen LogP contribution in [0.3, 0.4) is 0 Å². The van der Waals surface area contributed by atoms with Crippen molar-refractivity contribution in [3.63, 3.8) is 0 Å². The van der Waals surface area contributed by atoms with Gasteiger partial charge in [-0.05, 0) is 31.7 Å². The summed E-state index contributed by atoms with van der Waals surface area (Å²) in [4.78, 5) is 63.8. The van der Waals surface area contributed by atoms with E-state index in [1.54, 1.807) is 6.92 Å². The Labute approximate surface area is 310 Å². The van der Waals surface area contributed by atoms with Crippen molar-refractivity contribution in [1.82, 2.24) is 4.90 Å². The highest BCUT2D eigenvalue weighted by Gasteiger charge is 2.50. The molecule has 2 fully saturated rings. The molecule has 0 aromatic heterocycles. The van der Waals surface area contributed by atoms with Gasteiger partial charge in [-0.1, -0.05) is 26.0 Å². The van der Waals surface area contributed by atoms with Crippen LogP contribution in [0.15, 0.2) is 18.2 Å². The number of ether oxygens (including phenoxy) is 3. The number of aromatic hydroxyl groups is 2. The molecular weight excluding hydrogens is 710 g/mol. The lowest BCUT2D eigenvalue weighted by molar-refractivity contribution is -0.247. The smallest absolute Gasteiger partial charge is 0.326 e. The SMILES string of the molecule is CC(C)[C@H](N)C(=O)N1CCC[C@H]1C(=O)O.COc1cccc2c1C(=O)c1c(O)c3c(c(O)c1C2=O)C[C@@](O)(C(=O)CO)C[C@@H]3O[C@H]1C[C@H](N)[C@H](O)[C@H](C)O1. The Morgan fingerprint density at radius 3 is 2.35 bits per heavy atom. The predicted octanol–water partition coefficient (Wildman–Crippen LogP) is 0.0466. The number of carboxylic acid groups (broad SMARTS) is 1. The molecule has 1 amide bonds. The third-order valence-electron chi connectivity index (χ3n) is 10.6. The van der Waals surface area contributed by atoms with E-state index in [4.69, 9.17) is 30.8 Å². The second-order valence-corrected chi connectivity index (χ2v) is 14.5. The van der Waals surface area contributed by atoms with Crippen LogP contribution in [-0.4, -0.2) is 127 Å². The first-order valence-corrected chi connectivity index (χ1v) is 17.6. The van der Waals surface area contributed by atoms with E-state index in [0.29, 0.717) is 13.0 Å². The van der Waals surface area contributed by atoms with Gasteiger partial charge in [0.2, 0.25) is 11.7 Å². The summed E-state index contributed by atoms with van der Waals surface area (Å²) in [6, 6.07) is 2.36. The van der Waals surface area contributed by atoms with Gasteiger partial charge in [-0.15, -0.1) is 0 Å². The number of carbonyl (C=O) groups is 5. The summed E-state index contributed by atoms with van der Waals surface area (Å²) >= 11 is 0. The van der Waals surface area contributed by atoms with Crippen LogP contribution in [0.4, 0.5) is 0 Å². The van der Waals surface area contributed by atoms with Gasteiger partial charge in [0.1, 0.15) is 35.5 Å². The van der Waals surface area contributed by atoms with E-state index in [2.05, 4.69) is 0 Å². The number of hydrogen-bond acceptors (Lipinski definition) is 15. The second kappa shape index (κ2) is 15.7. The third kappa shape index (κ3) is 7.20. The minimum atomic E-state index is -2.24. The number of rotatable bonds is 8. The van der Waals surface area contributed by atoms with E-state index >= 15 is 0 Å². The van der Waals surface area contributed by atoms with Crippen molar-refractivity contribution in [3.05, 3.63) is 51.6 Å². The van der Waals surface area contributed by atoms with Gasteiger partial charge in [-0.2, -0.15) is 0 Å². The van der Waals surface area contributed by atoms with Crippen molar-refractivity contribution < 1.29 is 68.8 Å². The number of aliphatic hydroxyl groups is 3. The van der Waals surface area contributed by atoms with E-state index in [9.17, 15) is 49.5 Å². The van der Waals surface area contributed by atoms with E-state index < -0.39 is 114 Å². The molecule has 294 valence electrons. The molecule has 2 aliphatic carbocycles. The van der Waals surface area contributed by atoms with Crippen molar-refractivity contribution in [2.45, 2.75) is 101 Å². The fourth-order valence-corrected chi connectivity index (χ4v) is 7.51. The van der Waals surface area contributed by atoms with Crippen LogP contribution >= 0.6 is 0 Å². The molecule has 2 aromatic carbocycles. The van der Waals surface area contributed by atoms with Gasteiger partial charge in [0.25, 0.3) is 0 Å². The molecule has 0 saturated carbocycles. The number of carboxylic acids is 1. The number of fused-ring (bicyclic) bond motifs is 3. The molecule has 54 heavy (non-hydrogen) atoms. The minimum Gasteiger partial charge on any atom is -0.507 e. The molecule has 0 unspecified atom stereocenters. The average Bonchev–Trinajstić information content (AvgIpc) is 3.63. The van der Waals surface area contributed by atoms with Crippen LogP contribution in [0.1, 0.15) is 95.5 Å². The Balaban J connectivity index is 0.000000314. The van der Waals surface area contributed by atoms with E-state index in [-0.39, 0.29) is 46.2 Å². The highest BCUT2D eigenvalue weighted by molar-refractivity contribution is 6.31. The number of hydrogen-bond donors (Lipinski definition) is 8. The standard InChI is InChI=1S/C27H29NO11.C10H18N2O3/c1-10-22(31)13(28)6-17(38-10)39-15-8-27(36,16(30)9-29)7-12-19(15)26(35)21-20(24(12)33)23(32)11-4-3-5-14(37-2)18(11)25(21)34;1-6(2)8(11)9(13)12-5-3-4-7(12)10(14)15/h3-5,10,13,15,17,22,29,31,33,35-36H,6-9,28H2,1-2H3;6-8H,3-5,11H2,1-2H3,(H,14,15)/t10-,13-,15-,17-,22+,27-;7-,8-/m00/s1. The van der Waals surface area contributed by atoms with Crippen molar-refractivity contribution in [1.29, 1.82) is 0 Å². The number of Topliss-reactive ketones (excluding diaryl/α,β-unsaturated/α-hetero) is 1. The second-order valence-electron chi connectivity index (χ2n) is 14.5. The number of nitrogens with two attached hydrogens (primary N) is 2. The maximum Gasteiger partial charge on any atom is 0.326 e. The summed E-state index contributed by atoms with van der Waals surface area (Å²) in [7, 11) is 1.32. The number of phenolic OH excluding ortho intramolecular Hbond substituents is 2. The number of carbonyl (C=O) groups excluding carboxylic acids is 4. The van der Waals surface area contributed by atoms with Crippen LogP contribution in [0.5, 0.6) is 17.2 Å². The molecule has 4 aliphatic rings. The largest absolute Gasteiger partial charge is 0.507 e. The zero-order valence-corrected chi connectivity index (χ0v) is 30.4. The van der Waals surface area contributed by atoms with E-state index in [0.717, 1.165) is 6.42 Å². The topological polar surface area (TPSA) is 290 Å². The lowest BCUT2D eigenvalue weighted by Crippen LogP contribution is -2.53. The van der Waals surface area contributed by atoms with Gasteiger partial charge in [-0.3, -0.25) is 19.2 Å². The molecule has 0 radical (unpaired) electrons. The van der Waals surface area contributed by atoms with Gasteiger partial charge in [0.15, 0.2) is 17.9 Å². The lowest BCUT2D eigenvalue weighted by atomic mass is 9.72. The number of likely N-dealkylation sites (tertiary alicyclic amines) is 1.